The molecule has 0 saturated heterocycles. The highest BCUT2D eigenvalue weighted by atomic mass is 16.1. The van der Waals surface area contributed by atoms with Crippen LogP contribution in [0.5, 0.6) is 0 Å². The van der Waals surface area contributed by atoms with Crippen molar-refractivity contribution in [2.75, 3.05) is 0 Å². The van der Waals surface area contributed by atoms with E-state index < -0.39 is 0 Å². The van der Waals surface area contributed by atoms with Crippen LogP contribution in [0.4, 0.5) is 0 Å². The summed E-state index contributed by atoms with van der Waals surface area (Å²) < 4.78 is 0. The van der Waals surface area contributed by atoms with Crippen molar-refractivity contribution >= 4 is 6.29 Å². The monoisotopic (exact) mass is 152 g/mol. The molecule has 11 heavy (non-hydrogen) atoms. The first-order chi connectivity index (χ1) is 5.43. The summed E-state index contributed by atoms with van der Waals surface area (Å²) in [6.07, 6.45) is 8.85. The van der Waals surface area contributed by atoms with E-state index in [1.165, 1.54) is 32.1 Å². The Morgan fingerprint density at radius 3 is 2.36 bits per heavy atom. The zero-order chi connectivity index (χ0) is 7.68. The van der Waals surface area contributed by atoms with Crippen LogP contribution in [0.2, 0.25) is 0 Å². The van der Waals surface area contributed by atoms with E-state index in [0.29, 0.717) is 0 Å². The first-order valence-corrected chi connectivity index (χ1v) is 4.87. The van der Waals surface area contributed by atoms with Crippen LogP contribution in [0.25, 0.3) is 0 Å². The molecule has 0 aromatic rings. The zero-order valence-electron chi connectivity index (χ0n) is 6.96. The van der Waals surface area contributed by atoms with Gasteiger partial charge in [0.2, 0.25) is 0 Å². The number of rotatable bonds is 3. The third-order valence-electron chi connectivity index (χ3n) is 3.45. The van der Waals surface area contributed by atoms with E-state index in [1.54, 1.807) is 0 Å². The van der Waals surface area contributed by atoms with Gasteiger partial charge in [-0.15, -0.1) is 0 Å². The molecule has 0 heterocycles. The topological polar surface area (TPSA) is 17.1 Å². The molecule has 0 radical (unpaired) electrons. The lowest BCUT2D eigenvalue weighted by Gasteiger charge is -2.05. The fourth-order valence-electron chi connectivity index (χ4n) is 2.83. The van der Waals surface area contributed by atoms with Gasteiger partial charge in [0.25, 0.3) is 0 Å². The minimum Gasteiger partial charge on any atom is -0.303 e. The van der Waals surface area contributed by atoms with Crippen molar-refractivity contribution in [1.29, 1.82) is 0 Å². The van der Waals surface area contributed by atoms with Gasteiger partial charge in [0, 0.05) is 6.42 Å². The lowest BCUT2D eigenvalue weighted by Crippen LogP contribution is -1.91. The molecule has 2 rings (SSSR count). The highest BCUT2D eigenvalue weighted by Gasteiger charge is 2.49. The first kappa shape index (κ1) is 7.33. The van der Waals surface area contributed by atoms with Crippen LogP contribution in [0.3, 0.4) is 0 Å². The van der Waals surface area contributed by atoms with Crippen LogP contribution in [-0.2, 0) is 4.79 Å². The Morgan fingerprint density at radius 1 is 1.18 bits per heavy atom. The molecular weight excluding hydrogens is 136 g/mol. The normalized spacial score (nSPS) is 41.3. The molecule has 1 unspecified atom stereocenters. The molecule has 62 valence electrons. The molecule has 0 N–H and O–H groups in total. The molecule has 0 amide bonds. The summed E-state index contributed by atoms with van der Waals surface area (Å²) in [6.45, 7) is 0. The average molecular weight is 152 g/mol. The standard InChI is InChI=1S/C10H16O/c11-7-3-6-10-8-4-1-2-5-9(8)10/h7-10H,1-6H2/t8-,9+,10?. The number of fused-ring (bicyclic) bond motifs is 1. The fourth-order valence-corrected chi connectivity index (χ4v) is 2.83. The van der Waals surface area contributed by atoms with Crippen molar-refractivity contribution in [3.05, 3.63) is 0 Å². The molecule has 2 saturated carbocycles. The number of hydrogen-bond acceptors (Lipinski definition) is 1. The maximum atomic E-state index is 10.1. The summed E-state index contributed by atoms with van der Waals surface area (Å²) in [6, 6.07) is 0. The molecular formula is C10H16O. The van der Waals surface area contributed by atoms with Crippen molar-refractivity contribution in [2.24, 2.45) is 17.8 Å². The van der Waals surface area contributed by atoms with Gasteiger partial charge >= 0.3 is 0 Å². The van der Waals surface area contributed by atoms with E-state index in [-0.39, 0.29) is 0 Å². The van der Waals surface area contributed by atoms with E-state index in [4.69, 9.17) is 0 Å². The summed E-state index contributed by atoms with van der Waals surface area (Å²) >= 11 is 0. The van der Waals surface area contributed by atoms with Crippen molar-refractivity contribution < 1.29 is 4.79 Å². The second-order valence-electron chi connectivity index (χ2n) is 4.02. The van der Waals surface area contributed by atoms with Gasteiger partial charge in [-0.3, -0.25) is 0 Å². The molecule has 2 fully saturated rings. The Labute approximate surface area is 68.2 Å². The van der Waals surface area contributed by atoms with E-state index in [1.807, 2.05) is 0 Å². The van der Waals surface area contributed by atoms with Crippen LogP contribution < -0.4 is 0 Å². The van der Waals surface area contributed by atoms with Crippen LogP contribution >= 0.6 is 0 Å². The van der Waals surface area contributed by atoms with E-state index >= 15 is 0 Å². The maximum absolute atomic E-state index is 10.1. The number of carbonyl (C=O) groups excluding carboxylic acids is 1. The molecule has 1 nitrogen and oxygen atoms in total. The third-order valence-corrected chi connectivity index (χ3v) is 3.45. The number of aldehydes is 1. The quantitative estimate of drug-likeness (QED) is 0.567. The Kier molecular flexibility index (Phi) is 1.97. The lowest BCUT2D eigenvalue weighted by atomic mass is 10.0. The molecule has 0 spiro atoms. The second-order valence-corrected chi connectivity index (χ2v) is 4.02. The van der Waals surface area contributed by atoms with Gasteiger partial charge in [0.15, 0.2) is 0 Å². The molecule has 0 bridgehead atoms. The van der Waals surface area contributed by atoms with Crippen LogP contribution in [0, 0.1) is 17.8 Å². The largest absolute Gasteiger partial charge is 0.303 e. The summed E-state index contributed by atoms with van der Waals surface area (Å²) in [5.41, 5.74) is 0. The number of hydrogen-bond donors (Lipinski definition) is 0. The molecule has 1 heteroatoms. The van der Waals surface area contributed by atoms with Crippen molar-refractivity contribution in [3.8, 4) is 0 Å². The lowest BCUT2D eigenvalue weighted by molar-refractivity contribution is -0.108. The summed E-state index contributed by atoms with van der Waals surface area (Å²) in [5, 5.41) is 0. The third kappa shape index (κ3) is 1.33. The second kappa shape index (κ2) is 2.96. The van der Waals surface area contributed by atoms with E-state index in [2.05, 4.69) is 0 Å². The fraction of sp³-hybridized carbons (Fsp3) is 0.900. The van der Waals surface area contributed by atoms with Crippen molar-refractivity contribution in [2.45, 2.75) is 38.5 Å². The van der Waals surface area contributed by atoms with Crippen LogP contribution in [-0.4, -0.2) is 6.29 Å². The van der Waals surface area contributed by atoms with Crippen LogP contribution in [0.1, 0.15) is 38.5 Å². The van der Waals surface area contributed by atoms with Gasteiger partial charge in [-0.25, -0.2) is 0 Å². The average Bonchev–Trinajstić information content (AvgIpc) is 2.75. The Morgan fingerprint density at radius 2 is 1.82 bits per heavy atom. The molecule has 0 aromatic carbocycles. The smallest absolute Gasteiger partial charge is 0.120 e. The summed E-state index contributed by atoms with van der Waals surface area (Å²) in [7, 11) is 0. The first-order valence-electron chi connectivity index (χ1n) is 4.87. The Hall–Kier alpha value is -0.330. The highest BCUT2D eigenvalue weighted by molar-refractivity contribution is 5.49. The minimum atomic E-state index is 0.803. The summed E-state index contributed by atoms with van der Waals surface area (Å²) in [4.78, 5) is 10.1. The van der Waals surface area contributed by atoms with Gasteiger partial charge < -0.3 is 4.79 Å². The summed E-state index contributed by atoms with van der Waals surface area (Å²) in [5.74, 6) is 3.01. The predicted molar refractivity (Wildman–Crippen MR) is 44.2 cm³/mol. The Bertz CT molecular complexity index is 141. The molecule has 2 aliphatic carbocycles. The molecule has 2 aliphatic rings. The van der Waals surface area contributed by atoms with Crippen molar-refractivity contribution in [3.63, 3.8) is 0 Å². The molecule has 0 aromatic heterocycles. The van der Waals surface area contributed by atoms with Crippen LogP contribution in [0.15, 0.2) is 0 Å². The number of carbonyl (C=O) groups is 1. The SMILES string of the molecule is O=CCCC1[C@H]2CCCC[C@@H]12. The van der Waals surface area contributed by atoms with Gasteiger partial charge in [-0.2, -0.15) is 0 Å². The van der Waals surface area contributed by atoms with Gasteiger partial charge in [0.05, 0.1) is 0 Å². The van der Waals surface area contributed by atoms with E-state index in [9.17, 15) is 4.79 Å². The van der Waals surface area contributed by atoms with E-state index in [0.717, 1.165) is 30.5 Å². The maximum Gasteiger partial charge on any atom is 0.120 e. The van der Waals surface area contributed by atoms with Gasteiger partial charge in [0.1, 0.15) is 6.29 Å². The molecule has 0 aliphatic heterocycles. The Balaban J connectivity index is 1.76. The van der Waals surface area contributed by atoms with Crippen molar-refractivity contribution in [1.82, 2.24) is 0 Å². The zero-order valence-corrected chi connectivity index (χ0v) is 6.96. The van der Waals surface area contributed by atoms with Gasteiger partial charge in [-0.05, 0) is 37.0 Å². The minimum absolute atomic E-state index is 0.803. The predicted octanol–water partition coefficient (Wildman–Crippen LogP) is 2.40. The molecule has 3 atom stereocenters. The highest BCUT2D eigenvalue weighted by Crippen LogP contribution is 2.57. The van der Waals surface area contributed by atoms with Gasteiger partial charge in [-0.1, -0.05) is 12.8 Å².